The molecule has 10 aromatic carbocycles. The maximum Gasteiger partial charge on any atom is 0.166 e. The van der Waals surface area contributed by atoms with E-state index in [0.717, 1.165) is 104 Å². The molecule has 0 amide bonds. The standard InChI is InChI=1S/C59H35N5O/c1-3-18-36(19-4-1)57-60-58(46-30-17-29-43-40-24-11-14-31-48(40)63(54(43)46)39-22-5-2-6-23-39)62-59(61-57)53-42-26-9-10-27-44(42)56-52(45-28-13-16-33-51(45)65-56)55(53)64-49-32-15-12-25-41(49)47-34-37-20-7-8-21-38(37)35-50(47)64/h1-35H. The lowest BCUT2D eigenvalue weighted by Crippen LogP contribution is -2.06. The normalized spacial score (nSPS) is 12.0. The Morgan fingerprint density at radius 3 is 1.72 bits per heavy atom. The molecule has 6 heteroatoms. The van der Waals surface area contributed by atoms with E-state index in [2.05, 4.69) is 197 Å². The van der Waals surface area contributed by atoms with Crippen molar-refractivity contribution in [3.05, 3.63) is 212 Å². The number of nitrogens with zero attached hydrogens (tertiary/aromatic N) is 5. The summed E-state index contributed by atoms with van der Waals surface area (Å²) in [6.45, 7) is 0. The van der Waals surface area contributed by atoms with Gasteiger partial charge in [-0.25, -0.2) is 15.0 Å². The summed E-state index contributed by atoms with van der Waals surface area (Å²) in [6, 6.07) is 74.8. The fraction of sp³-hybridized carbons (Fsp3) is 0. The SMILES string of the molecule is c1ccc(-c2nc(-c3c(-n4c5ccccc5c5cc6ccccc6cc54)c4c5ccccc5oc4c4ccccc34)nc(-c3cccc4c5ccccc5n(-c5ccccc5)c34)n2)cc1. The minimum absolute atomic E-state index is 0.568. The van der Waals surface area contributed by atoms with Crippen LogP contribution in [0.2, 0.25) is 0 Å². The summed E-state index contributed by atoms with van der Waals surface area (Å²) in [4.78, 5) is 16.6. The molecule has 0 spiro atoms. The molecule has 14 aromatic rings. The first-order valence-corrected chi connectivity index (χ1v) is 21.9. The van der Waals surface area contributed by atoms with E-state index in [-0.39, 0.29) is 0 Å². The lowest BCUT2D eigenvalue weighted by atomic mass is 9.96. The van der Waals surface area contributed by atoms with E-state index in [1.165, 1.54) is 10.8 Å². The predicted octanol–water partition coefficient (Wildman–Crippen LogP) is 15.3. The van der Waals surface area contributed by atoms with Crippen LogP contribution in [-0.4, -0.2) is 24.1 Å². The molecule has 0 unspecified atom stereocenters. The van der Waals surface area contributed by atoms with Crippen molar-refractivity contribution in [1.29, 1.82) is 0 Å². The molecular weight excluding hydrogens is 795 g/mol. The first-order chi connectivity index (χ1) is 32.3. The number of benzene rings is 10. The van der Waals surface area contributed by atoms with Crippen LogP contribution < -0.4 is 0 Å². The van der Waals surface area contributed by atoms with Gasteiger partial charge >= 0.3 is 0 Å². The summed E-state index contributed by atoms with van der Waals surface area (Å²) in [5, 5.41) is 11.0. The average Bonchev–Trinajstić information content (AvgIpc) is 4.04. The molecular formula is C59H35N5O. The maximum atomic E-state index is 6.94. The minimum Gasteiger partial charge on any atom is -0.455 e. The number of rotatable bonds is 5. The Morgan fingerprint density at radius 2 is 0.938 bits per heavy atom. The van der Waals surface area contributed by atoms with E-state index in [0.29, 0.717) is 17.5 Å². The second-order valence-electron chi connectivity index (χ2n) is 16.7. The van der Waals surface area contributed by atoms with E-state index in [4.69, 9.17) is 19.4 Å². The van der Waals surface area contributed by atoms with Gasteiger partial charge in [-0.1, -0.05) is 164 Å². The third-order valence-corrected chi connectivity index (χ3v) is 13.1. The highest BCUT2D eigenvalue weighted by atomic mass is 16.3. The maximum absolute atomic E-state index is 6.94. The second-order valence-corrected chi connectivity index (χ2v) is 16.7. The number of hydrogen-bond acceptors (Lipinski definition) is 4. The summed E-state index contributed by atoms with van der Waals surface area (Å²) in [5.41, 5.74) is 10.7. The van der Waals surface area contributed by atoms with Crippen LogP contribution in [0.4, 0.5) is 0 Å². The third-order valence-electron chi connectivity index (χ3n) is 13.1. The van der Waals surface area contributed by atoms with Crippen LogP contribution in [0.5, 0.6) is 0 Å². The molecule has 4 aromatic heterocycles. The van der Waals surface area contributed by atoms with Gasteiger partial charge in [0.25, 0.3) is 0 Å². The number of furan rings is 1. The molecule has 0 radical (unpaired) electrons. The highest BCUT2D eigenvalue weighted by Crippen LogP contribution is 2.48. The highest BCUT2D eigenvalue weighted by Gasteiger charge is 2.28. The summed E-state index contributed by atoms with van der Waals surface area (Å²) in [5.74, 6) is 1.74. The first kappa shape index (κ1) is 35.7. The minimum atomic E-state index is 0.568. The zero-order valence-corrected chi connectivity index (χ0v) is 34.9. The predicted molar refractivity (Wildman–Crippen MR) is 267 cm³/mol. The molecule has 0 bridgehead atoms. The Bertz CT molecular complexity index is 4240. The Balaban J connectivity index is 1.18. The summed E-state index contributed by atoms with van der Waals surface area (Å²) in [7, 11) is 0. The molecule has 14 rings (SSSR count). The molecule has 0 aliphatic rings. The van der Waals surface area contributed by atoms with Crippen molar-refractivity contribution >= 4 is 87.1 Å². The van der Waals surface area contributed by atoms with Gasteiger partial charge in [0.15, 0.2) is 17.5 Å². The number of para-hydroxylation sites is 5. The zero-order valence-electron chi connectivity index (χ0n) is 34.9. The molecule has 65 heavy (non-hydrogen) atoms. The van der Waals surface area contributed by atoms with Gasteiger partial charge in [0.05, 0.1) is 38.7 Å². The van der Waals surface area contributed by atoms with Crippen molar-refractivity contribution in [3.8, 4) is 45.5 Å². The van der Waals surface area contributed by atoms with Crippen molar-refractivity contribution < 1.29 is 4.42 Å². The summed E-state index contributed by atoms with van der Waals surface area (Å²) in [6.07, 6.45) is 0. The quantitative estimate of drug-likeness (QED) is 0.173. The number of hydrogen-bond donors (Lipinski definition) is 0. The lowest BCUT2D eigenvalue weighted by Gasteiger charge is -2.19. The first-order valence-electron chi connectivity index (χ1n) is 21.9. The smallest absolute Gasteiger partial charge is 0.166 e. The average molecular weight is 830 g/mol. The second kappa shape index (κ2) is 13.8. The Kier molecular flexibility index (Phi) is 7.59. The lowest BCUT2D eigenvalue weighted by molar-refractivity contribution is 0.672. The molecule has 6 nitrogen and oxygen atoms in total. The Hall–Kier alpha value is -8.87. The topological polar surface area (TPSA) is 61.7 Å². The summed E-state index contributed by atoms with van der Waals surface area (Å²) >= 11 is 0. The molecule has 0 aliphatic carbocycles. The van der Waals surface area contributed by atoms with E-state index < -0.39 is 0 Å². The monoisotopic (exact) mass is 829 g/mol. The van der Waals surface area contributed by atoms with E-state index in [9.17, 15) is 0 Å². The Morgan fingerprint density at radius 1 is 0.369 bits per heavy atom. The fourth-order valence-electron chi connectivity index (χ4n) is 10.3. The molecule has 0 saturated carbocycles. The number of aromatic nitrogens is 5. The molecule has 0 fully saturated rings. The fourth-order valence-corrected chi connectivity index (χ4v) is 10.3. The van der Waals surface area contributed by atoms with Crippen LogP contribution in [0, 0.1) is 0 Å². The zero-order chi connectivity index (χ0) is 42.6. The largest absolute Gasteiger partial charge is 0.455 e. The van der Waals surface area contributed by atoms with E-state index >= 15 is 0 Å². The van der Waals surface area contributed by atoms with Crippen molar-refractivity contribution in [2.45, 2.75) is 0 Å². The van der Waals surface area contributed by atoms with Gasteiger partial charge in [0.1, 0.15) is 11.2 Å². The van der Waals surface area contributed by atoms with Crippen LogP contribution in [-0.2, 0) is 0 Å². The van der Waals surface area contributed by atoms with Gasteiger partial charge in [-0.05, 0) is 64.7 Å². The molecule has 0 aliphatic heterocycles. The van der Waals surface area contributed by atoms with Gasteiger partial charge in [-0.15, -0.1) is 0 Å². The van der Waals surface area contributed by atoms with Crippen molar-refractivity contribution in [2.75, 3.05) is 0 Å². The van der Waals surface area contributed by atoms with Gasteiger partial charge in [0.2, 0.25) is 0 Å². The van der Waals surface area contributed by atoms with Crippen molar-refractivity contribution in [3.63, 3.8) is 0 Å². The summed E-state index contributed by atoms with van der Waals surface area (Å²) < 4.78 is 11.7. The molecule has 0 saturated heterocycles. The molecule has 302 valence electrons. The number of fused-ring (bicyclic) bond motifs is 12. The van der Waals surface area contributed by atoms with Crippen LogP contribution >= 0.6 is 0 Å². The van der Waals surface area contributed by atoms with Crippen LogP contribution in [0.1, 0.15) is 0 Å². The van der Waals surface area contributed by atoms with Crippen LogP contribution in [0.25, 0.3) is 133 Å². The van der Waals surface area contributed by atoms with Crippen LogP contribution in [0.15, 0.2) is 217 Å². The van der Waals surface area contributed by atoms with E-state index in [1.54, 1.807) is 0 Å². The van der Waals surface area contributed by atoms with Gasteiger partial charge in [-0.3, -0.25) is 0 Å². The Labute approximate surface area is 371 Å². The van der Waals surface area contributed by atoms with Crippen LogP contribution in [0.3, 0.4) is 0 Å². The third kappa shape index (κ3) is 5.25. The van der Waals surface area contributed by atoms with Gasteiger partial charge < -0.3 is 13.6 Å². The van der Waals surface area contributed by atoms with Gasteiger partial charge in [0, 0.05) is 49.1 Å². The van der Waals surface area contributed by atoms with Crippen molar-refractivity contribution in [2.24, 2.45) is 0 Å². The highest BCUT2D eigenvalue weighted by molar-refractivity contribution is 6.26. The van der Waals surface area contributed by atoms with Crippen molar-refractivity contribution in [1.82, 2.24) is 24.1 Å². The molecule has 0 atom stereocenters. The van der Waals surface area contributed by atoms with E-state index in [1.807, 2.05) is 24.3 Å². The molecule has 0 N–H and O–H groups in total. The molecule has 4 heterocycles. The van der Waals surface area contributed by atoms with Gasteiger partial charge in [-0.2, -0.15) is 0 Å².